The number of carbonyl (C=O) groups excluding carboxylic acids is 1. The molecular formula is C29H28N6O2. The standard InChI is InChI=1S/C29H28N6O2/c1-19(15-16-20-9-4-3-5-10-20)32-29(36)25-26-28(34-24-14-7-6-13-23(24)33-26)35(27(25)30)31-18-21-11-8-12-22(17-21)37-2/h3-14,17-19H,15-16,30H2,1-2H3,(H,32,36)/b31-18+. The summed E-state index contributed by atoms with van der Waals surface area (Å²) in [6, 6.07) is 25.1. The molecule has 37 heavy (non-hydrogen) atoms. The molecule has 0 radical (unpaired) electrons. The molecule has 0 spiro atoms. The number of fused-ring (bicyclic) bond motifs is 2. The van der Waals surface area contributed by atoms with Gasteiger partial charge in [-0.25, -0.2) is 9.97 Å². The van der Waals surface area contributed by atoms with E-state index in [1.54, 1.807) is 13.3 Å². The average molecular weight is 493 g/mol. The first-order valence-corrected chi connectivity index (χ1v) is 12.1. The van der Waals surface area contributed by atoms with Crippen molar-refractivity contribution in [3.8, 4) is 5.75 Å². The van der Waals surface area contributed by atoms with Crippen LogP contribution in [-0.2, 0) is 6.42 Å². The number of nitrogen functional groups attached to an aromatic ring is 1. The maximum Gasteiger partial charge on any atom is 0.257 e. The molecule has 0 aliphatic rings. The van der Waals surface area contributed by atoms with Crippen LogP contribution in [0.1, 0.15) is 34.8 Å². The fourth-order valence-corrected chi connectivity index (χ4v) is 4.23. The molecule has 2 heterocycles. The first kappa shape index (κ1) is 24.0. The Morgan fingerprint density at radius 1 is 1.05 bits per heavy atom. The molecule has 5 rings (SSSR count). The van der Waals surface area contributed by atoms with Gasteiger partial charge in [-0.15, -0.1) is 0 Å². The summed E-state index contributed by atoms with van der Waals surface area (Å²) < 4.78 is 6.77. The van der Waals surface area contributed by atoms with Gasteiger partial charge in [0.1, 0.15) is 22.6 Å². The number of anilines is 1. The van der Waals surface area contributed by atoms with Crippen LogP contribution in [-0.4, -0.2) is 39.9 Å². The van der Waals surface area contributed by atoms with Crippen LogP contribution in [0.3, 0.4) is 0 Å². The van der Waals surface area contributed by atoms with Gasteiger partial charge in [-0.05, 0) is 55.2 Å². The monoisotopic (exact) mass is 492 g/mol. The van der Waals surface area contributed by atoms with Crippen molar-refractivity contribution in [2.75, 3.05) is 12.8 Å². The first-order valence-electron chi connectivity index (χ1n) is 12.1. The van der Waals surface area contributed by atoms with E-state index in [9.17, 15) is 4.79 Å². The molecule has 186 valence electrons. The number of hydrogen-bond donors (Lipinski definition) is 2. The van der Waals surface area contributed by atoms with E-state index in [4.69, 9.17) is 20.4 Å². The Morgan fingerprint density at radius 3 is 2.54 bits per heavy atom. The van der Waals surface area contributed by atoms with Crippen molar-refractivity contribution in [2.24, 2.45) is 5.10 Å². The molecule has 3 N–H and O–H groups in total. The van der Waals surface area contributed by atoms with Gasteiger partial charge in [-0.1, -0.05) is 54.6 Å². The van der Waals surface area contributed by atoms with E-state index >= 15 is 0 Å². The van der Waals surface area contributed by atoms with Crippen molar-refractivity contribution >= 4 is 40.1 Å². The summed E-state index contributed by atoms with van der Waals surface area (Å²) in [5, 5.41) is 7.65. The van der Waals surface area contributed by atoms with Gasteiger partial charge in [0.2, 0.25) is 0 Å². The number of nitrogens with two attached hydrogens (primary N) is 1. The molecular weight excluding hydrogens is 464 g/mol. The number of para-hydroxylation sites is 2. The lowest BCUT2D eigenvalue weighted by atomic mass is 10.1. The molecule has 3 aromatic carbocycles. The zero-order valence-electron chi connectivity index (χ0n) is 20.8. The molecule has 0 saturated heterocycles. The Hall–Kier alpha value is -4.72. The number of rotatable bonds is 8. The number of aromatic nitrogens is 3. The van der Waals surface area contributed by atoms with Gasteiger partial charge in [-0.2, -0.15) is 9.78 Å². The van der Waals surface area contributed by atoms with Crippen molar-refractivity contribution in [1.82, 2.24) is 20.0 Å². The zero-order valence-corrected chi connectivity index (χ0v) is 20.8. The van der Waals surface area contributed by atoms with Crippen LogP contribution in [0.2, 0.25) is 0 Å². The summed E-state index contributed by atoms with van der Waals surface area (Å²) in [5.41, 5.74) is 11.0. The van der Waals surface area contributed by atoms with E-state index in [1.807, 2.05) is 73.7 Å². The highest BCUT2D eigenvalue weighted by Gasteiger charge is 2.25. The highest BCUT2D eigenvalue weighted by Crippen LogP contribution is 2.28. The van der Waals surface area contributed by atoms with Gasteiger partial charge < -0.3 is 15.8 Å². The Kier molecular flexibility index (Phi) is 6.81. The molecule has 0 saturated carbocycles. The van der Waals surface area contributed by atoms with Crippen molar-refractivity contribution < 1.29 is 9.53 Å². The third-order valence-electron chi connectivity index (χ3n) is 6.20. The summed E-state index contributed by atoms with van der Waals surface area (Å²) in [4.78, 5) is 23.0. The number of ether oxygens (including phenoxy) is 1. The van der Waals surface area contributed by atoms with Crippen molar-refractivity contribution in [2.45, 2.75) is 25.8 Å². The molecule has 2 aromatic heterocycles. The molecule has 5 aromatic rings. The fraction of sp³-hybridized carbons (Fsp3) is 0.172. The maximum atomic E-state index is 13.5. The van der Waals surface area contributed by atoms with Crippen LogP contribution in [0.25, 0.3) is 22.2 Å². The van der Waals surface area contributed by atoms with Gasteiger partial charge in [0, 0.05) is 6.04 Å². The van der Waals surface area contributed by atoms with E-state index in [0.717, 1.165) is 18.4 Å². The van der Waals surface area contributed by atoms with E-state index in [0.29, 0.717) is 27.9 Å². The highest BCUT2D eigenvalue weighted by atomic mass is 16.5. The molecule has 1 unspecified atom stereocenters. The summed E-state index contributed by atoms with van der Waals surface area (Å²) in [6.45, 7) is 1.98. The van der Waals surface area contributed by atoms with Crippen LogP contribution >= 0.6 is 0 Å². The third kappa shape index (κ3) is 5.13. The second-order valence-corrected chi connectivity index (χ2v) is 8.88. The van der Waals surface area contributed by atoms with Gasteiger partial charge in [0.25, 0.3) is 5.91 Å². The van der Waals surface area contributed by atoms with E-state index in [1.165, 1.54) is 10.2 Å². The number of aryl methyl sites for hydroxylation is 1. The molecule has 0 bridgehead atoms. The minimum Gasteiger partial charge on any atom is -0.497 e. The van der Waals surface area contributed by atoms with Crippen LogP contribution in [0, 0.1) is 0 Å². The minimum atomic E-state index is -0.303. The molecule has 8 nitrogen and oxygen atoms in total. The van der Waals surface area contributed by atoms with Gasteiger partial charge in [0.05, 0.1) is 24.4 Å². The Balaban J connectivity index is 1.50. The zero-order chi connectivity index (χ0) is 25.8. The van der Waals surface area contributed by atoms with Crippen molar-refractivity contribution in [3.05, 3.63) is 95.6 Å². The third-order valence-corrected chi connectivity index (χ3v) is 6.20. The number of nitrogens with one attached hydrogen (secondary N) is 1. The second-order valence-electron chi connectivity index (χ2n) is 8.88. The summed E-state index contributed by atoms with van der Waals surface area (Å²) in [5.74, 6) is 0.588. The smallest absolute Gasteiger partial charge is 0.257 e. The van der Waals surface area contributed by atoms with Crippen LogP contribution in [0.15, 0.2) is 84.0 Å². The van der Waals surface area contributed by atoms with Crippen LogP contribution in [0.4, 0.5) is 5.82 Å². The van der Waals surface area contributed by atoms with Crippen LogP contribution in [0.5, 0.6) is 5.75 Å². The van der Waals surface area contributed by atoms with Gasteiger partial charge in [0.15, 0.2) is 5.65 Å². The summed E-state index contributed by atoms with van der Waals surface area (Å²) >= 11 is 0. The summed E-state index contributed by atoms with van der Waals surface area (Å²) in [7, 11) is 1.61. The predicted molar refractivity (Wildman–Crippen MR) is 147 cm³/mol. The van der Waals surface area contributed by atoms with Crippen LogP contribution < -0.4 is 15.8 Å². The SMILES string of the molecule is COc1cccc(/C=N/n2c(N)c(C(=O)NC(C)CCc3ccccc3)c3nc4ccccc4nc32)c1. The quantitative estimate of drug-likeness (QED) is 0.302. The predicted octanol–water partition coefficient (Wildman–Crippen LogP) is 4.81. The van der Waals surface area contributed by atoms with Gasteiger partial charge >= 0.3 is 0 Å². The molecule has 1 atom stereocenters. The Labute approximate surface area is 214 Å². The second kappa shape index (κ2) is 10.5. The maximum absolute atomic E-state index is 13.5. The topological polar surface area (TPSA) is 107 Å². The normalized spacial score (nSPS) is 12.3. The Morgan fingerprint density at radius 2 is 1.78 bits per heavy atom. The lowest BCUT2D eigenvalue weighted by Crippen LogP contribution is -2.33. The number of carbonyl (C=O) groups is 1. The lowest BCUT2D eigenvalue weighted by molar-refractivity contribution is 0.0940. The average Bonchev–Trinajstić information content (AvgIpc) is 3.19. The Bertz CT molecular complexity index is 1590. The van der Waals surface area contributed by atoms with Gasteiger partial charge in [-0.3, -0.25) is 4.79 Å². The molecule has 0 fully saturated rings. The molecule has 0 aliphatic heterocycles. The number of nitrogens with zero attached hydrogens (tertiary/aromatic N) is 4. The number of amides is 1. The fourth-order valence-electron chi connectivity index (χ4n) is 4.23. The van der Waals surface area contributed by atoms with E-state index < -0.39 is 0 Å². The number of methoxy groups -OCH3 is 1. The molecule has 0 aliphatic carbocycles. The van der Waals surface area contributed by atoms with E-state index in [2.05, 4.69) is 22.6 Å². The largest absolute Gasteiger partial charge is 0.497 e. The van der Waals surface area contributed by atoms with Crippen molar-refractivity contribution in [3.63, 3.8) is 0 Å². The number of hydrogen-bond acceptors (Lipinski definition) is 6. The molecule has 8 heteroatoms. The molecule has 1 amide bonds. The summed E-state index contributed by atoms with van der Waals surface area (Å²) in [6.07, 6.45) is 3.30. The number of benzene rings is 3. The van der Waals surface area contributed by atoms with E-state index in [-0.39, 0.29) is 23.3 Å². The van der Waals surface area contributed by atoms with Crippen molar-refractivity contribution in [1.29, 1.82) is 0 Å². The lowest BCUT2D eigenvalue weighted by Gasteiger charge is -2.14. The minimum absolute atomic E-state index is 0.0702. The first-order chi connectivity index (χ1) is 18.0. The highest BCUT2D eigenvalue weighted by molar-refractivity contribution is 6.10.